The van der Waals surface area contributed by atoms with Crippen LogP contribution in [-0.4, -0.2) is 44.9 Å². The lowest BCUT2D eigenvalue weighted by atomic mass is 10.2. The fraction of sp³-hybridized carbons (Fsp3) is 0.440. The van der Waals surface area contributed by atoms with Gasteiger partial charge in [-0.3, -0.25) is 4.72 Å². The van der Waals surface area contributed by atoms with Crippen molar-refractivity contribution in [2.24, 2.45) is 5.10 Å². The van der Waals surface area contributed by atoms with Crippen molar-refractivity contribution in [2.45, 2.75) is 39.5 Å². The Kier molecular flexibility index (Phi) is 13.6. The molecule has 0 unspecified atom stereocenters. The number of unbranched alkanes of at least 4 members (excludes halogenated alkanes) is 3. The highest BCUT2D eigenvalue weighted by Gasteiger charge is 2.12. The fourth-order valence-electron chi connectivity index (χ4n) is 3.00. The summed E-state index contributed by atoms with van der Waals surface area (Å²) in [5, 5.41) is 4.26. The van der Waals surface area contributed by atoms with Gasteiger partial charge in [-0.1, -0.05) is 49.7 Å². The monoisotopic (exact) mass is 523 g/mol. The summed E-state index contributed by atoms with van der Waals surface area (Å²) >= 11 is 7.59. The van der Waals surface area contributed by atoms with Gasteiger partial charge in [-0.05, 0) is 55.3 Å². The number of amides is 2. The van der Waals surface area contributed by atoms with Crippen LogP contribution in [-0.2, 0) is 0 Å². The SMILES string of the molecule is CCCCCCOc1ccc(OCCOc2c(Cl)cc(/C=N/NC(=O)NSC)cc2OCC)cc1. The number of rotatable bonds is 16. The van der Waals surface area contributed by atoms with E-state index in [0.717, 1.165) is 24.5 Å². The molecule has 0 bridgehead atoms. The Morgan fingerprint density at radius 3 is 2.31 bits per heavy atom. The van der Waals surface area contributed by atoms with Crippen molar-refractivity contribution in [1.29, 1.82) is 0 Å². The van der Waals surface area contributed by atoms with Gasteiger partial charge < -0.3 is 18.9 Å². The van der Waals surface area contributed by atoms with Gasteiger partial charge in [0.05, 0.1) is 24.5 Å². The van der Waals surface area contributed by atoms with Gasteiger partial charge in [0.15, 0.2) is 11.5 Å². The summed E-state index contributed by atoms with van der Waals surface area (Å²) in [5.41, 5.74) is 3.01. The van der Waals surface area contributed by atoms with E-state index in [-0.39, 0.29) is 6.61 Å². The number of nitrogens with one attached hydrogen (secondary N) is 2. The predicted octanol–water partition coefficient (Wildman–Crippen LogP) is 6.07. The van der Waals surface area contributed by atoms with Gasteiger partial charge in [-0.2, -0.15) is 5.10 Å². The molecule has 10 heteroatoms. The maximum atomic E-state index is 11.4. The van der Waals surface area contributed by atoms with Gasteiger partial charge in [0.1, 0.15) is 24.7 Å². The van der Waals surface area contributed by atoms with Crippen LogP contribution in [0.4, 0.5) is 4.79 Å². The number of ether oxygens (including phenoxy) is 4. The quantitative estimate of drug-likeness (QED) is 0.120. The lowest BCUT2D eigenvalue weighted by Gasteiger charge is -2.15. The van der Waals surface area contributed by atoms with Crippen LogP contribution in [0.15, 0.2) is 41.5 Å². The second kappa shape index (κ2) is 16.8. The minimum Gasteiger partial charge on any atom is -0.494 e. The maximum Gasteiger partial charge on any atom is 0.345 e. The minimum absolute atomic E-state index is 0.277. The van der Waals surface area contributed by atoms with E-state index in [4.69, 9.17) is 30.5 Å². The number of benzene rings is 2. The Balaban J connectivity index is 1.84. The summed E-state index contributed by atoms with van der Waals surface area (Å²) in [5.74, 6) is 2.47. The molecule has 2 aromatic rings. The van der Waals surface area contributed by atoms with Crippen LogP contribution in [0.25, 0.3) is 0 Å². The van der Waals surface area contributed by atoms with Crippen molar-refractivity contribution in [3.8, 4) is 23.0 Å². The second-order valence-corrected chi connectivity index (χ2v) is 8.37. The minimum atomic E-state index is -0.422. The van der Waals surface area contributed by atoms with Crippen molar-refractivity contribution in [2.75, 3.05) is 32.7 Å². The van der Waals surface area contributed by atoms with E-state index in [2.05, 4.69) is 22.2 Å². The highest BCUT2D eigenvalue weighted by atomic mass is 35.5. The zero-order valence-electron chi connectivity index (χ0n) is 20.5. The molecule has 2 amide bonds. The molecule has 0 spiro atoms. The van der Waals surface area contributed by atoms with E-state index >= 15 is 0 Å². The number of nitrogens with zero attached hydrogens (tertiary/aromatic N) is 1. The number of carbonyl (C=O) groups excluding carboxylic acids is 1. The average Bonchev–Trinajstić information content (AvgIpc) is 2.84. The lowest BCUT2D eigenvalue weighted by molar-refractivity contribution is 0.208. The van der Waals surface area contributed by atoms with Gasteiger partial charge in [-0.25, -0.2) is 10.2 Å². The Morgan fingerprint density at radius 2 is 1.66 bits per heavy atom. The zero-order valence-corrected chi connectivity index (χ0v) is 22.0. The smallest absolute Gasteiger partial charge is 0.345 e. The van der Waals surface area contributed by atoms with Crippen molar-refractivity contribution in [3.05, 3.63) is 47.0 Å². The molecule has 0 aromatic heterocycles. The fourth-order valence-corrected chi connectivity index (χ4v) is 3.51. The number of halogens is 1. The topological polar surface area (TPSA) is 90.4 Å². The van der Waals surface area contributed by atoms with Gasteiger partial charge in [-0.15, -0.1) is 0 Å². The number of urea groups is 1. The lowest BCUT2D eigenvalue weighted by Crippen LogP contribution is -2.26. The first kappa shape index (κ1) is 28.5. The van der Waals surface area contributed by atoms with Crippen LogP contribution in [0.1, 0.15) is 45.1 Å². The molecule has 0 heterocycles. The van der Waals surface area contributed by atoms with E-state index in [9.17, 15) is 4.79 Å². The normalized spacial score (nSPS) is 10.7. The highest BCUT2D eigenvalue weighted by molar-refractivity contribution is 7.97. The standard InChI is InChI=1S/C25H34ClN3O5S/c1-4-6-7-8-13-32-20-9-11-21(12-10-20)33-14-15-34-24-22(26)16-19(17-23(24)31-5-2)18-27-28-25(30)29-35-3/h9-12,16-18H,4-8,13-15H2,1-3H3,(H2,28,29,30)/b27-18+. The molecule has 0 aliphatic carbocycles. The van der Waals surface area contributed by atoms with E-state index < -0.39 is 6.03 Å². The van der Waals surface area contributed by atoms with Crippen LogP contribution < -0.4 is 29.1 Å². The third kappa shape index (κ3) is 11.0. The third-order valence-electron chi connectivity index (χ3n) is 4.59. The summed E-state index contributed by atoms with van der Waals surface area (Å²) in [6.07, 6.45) is 7.92. The summed E-state index contributed by atoms with van der Waals surface area (Å²) in [7, 11) is 0. The van der Waals surface area contributed by atoms with Crippen LogP contribution in [0, 0.1) is 0 Å². The molecule has 192 valence electrons. The van der Waals surface area contributed by atoms with Gasteiger partial charge in [0, 0.05) is 6.26 Å². The van der Waals surface area contributed by atoms with Gasteiger partial charge in [0.2, 0.25) is 0 Å². The molecule has 0 fully saturated rings. The number of carbonyl (C=O) groups is 1. The molecule has 2 N–H and O–H groups in total. The largest absolute Gasteiger partial charge is 0.494 e. The van der Waals surface area contributed by atoms with Crippen LogP contribution in [0.2, 0.25) is 5.02 Å². The number of hydrazone groups is 1. The van der Waals surface area contributed by atoms with Gasteiger partial charge >= 0.3 is 6.03 Å². The van der Waals surface area contributed by atoms with Gasteiger partial charge in [0.25, 0.3) is 0 Å². The predicted molar refractivity (Wildman–Crippen MR) is 142 cm³/mol. The summed E-state index contributed by atoms with van der Waals surface area (Å²) in [6.45, 7) is 5.83. The zero-order chi connectivity index (χ0) is 25.3. The molecule has 2 aromatic carbocycles. The molecule has 0 aliphatic heterocycles. The molecular weight excluding hydrogens is 490 g/mol. The summed E-state index contributed by atoms with van der Waals surface area (Å²) in [6, 6.07) is 10.6. The third-order valence-corrected chi connectivity index (χ3v) is 5.27. The molecule has 0 aliphatic rings. The Bertz CT molecular complexity index is 928. The Morgan fingerprint density at radius 1 is 0.971 bits per heavy atom. The average molecular weight is 524 g/mol. The molecule has 0 saturated carbocycles. The molecule has 0 atom stereocenters. The molecular formula is C25H34ClN3O5S. The van der Waals surface area contributed by atoms with E-state index in [1.54, 1.807) is 18.4 Å². The van der Waals surface area contributed by atoms with Crippen molar-refractivity contribution < 1.29 is 23.7 Å². The van der Waals surface area contributed by atoms with Crippen molar-refractivity contribution in [1.82, 2.24) is 10.1 Å². The van der Waals surface area contributed by atoms with Crippen LogP contribution in [0.3, 0.4) is 0 Å². The van der Waals surface area contributed by atoms with Crippen molar-refractivity contribution in [3.63, 3.8) is 0 Å². The number of hydrogen-bond donors (Lipinski definition) is 2. The van der Waals surface area contributed by atoms with Crippen molar-refractivity contribution >= 4 is 35.8 Å². The first-order chi connectivity index (χ1) is 17.1. The highest BCUT2D eigenvalue weighted by Crippen LogP contribution is 2.36. The molecule has 0 saturated heterocycles. The molecule has 0 radical (unpaired) electrons. The Hall–Kier alpha value is -2.78. The molecule has 8 nitrogen and oxygen atoms in total. The van der Waals surface area contributed by atoms with E-state index in [1.807, 2.05) is 31.2 Å². The van der Waals surface area contributed by atoms with E-state index in [0.29, 0.717) is 35.3 Å². The molecule has 2 rings (SSSR count). The van der Waals surface area contributed by atoms with Crippen LogP contribution in [0.5, 0.6) is 23.0 Å². The summed E-state index contributed by atoms with van der Waals surface area (Å²) in [4.78, 5) is 11.4. The second-order valence-electron chi connectivity index (χ2n) is 7.35. The summed E-state index contributed by atoms with van der Waals surface area (Å²) < 4.78 is 25.6. The first-order valence-electron chi connectivity index (χ1n) is 11.6. The maximum absolute atomic E-state index is 11.4. The first-order valence-corrected chi connectivity index (χ1v) is 13.2. The number of hydrogen-bond acceptors (Lipinski definition) is 7. The Labute approximate surface area is 216 Å². The van der Waals surface area contributed by atoms with Crippen LogP contribution >= 0.6 is 23.5 Å². The van der Waals surface area contributed by atoms with E-state index in [1.165, 1.54) is 37.4 Å². The molecule has 35 heavy (non-hydrogen) atoms.